The second kappa shape index (κ2) is 10.1. The number of piperidine rings is 1. The van der Waals surface area contributed by atoms with Crippen LogP contribution in [0.5, 0.6) is 0 Å². The van der Waals surface area contributed by atoms with Gasteiger partial charge in [0.15, 0.2) is 5.82 Å². The lowest BCUT2D eigenvalue weighted by atomic mass is 9.97. The minimum atomic E-state index is -0.286. The maximum absolute atomic E-state index is 13.1. The number of aromatic nitrogens is 2. The highest BCUT2D eigenvalue weighted by molar-refractivity contribution is 5.79. The molecule has 0 aliphatic carbocycles. The molecule has 7 heteroatoms. The summed E-state index contributed by atoms with van der Waals surface area (Å²) in [5, 5.41) is 3.01. The molecule has 1 N–H and O–H groups in total. The first kappa shape index (κ1) is 20.2. The minimum absolute atomic E-state index is 0.0509. The van der Waals surface area contributed by atoms with Crippen molar-refractivity contribution in [3.63, 3.8) is 0 Å². The number of halogens is 1. The Morgan fingerprint density at radius 2 is 2.14 bits per heavy atom. The van der Waals surface area contributed by atoms with Gasteiger partial charge in [0.05, 0.1) is 5.92 Å². The van der Waals surface area contributed by atoms with Gasteiger partial charge in [0.1, 0.15) is 11.6 Å². The van der Waals surface area contributed by atoms with E-state index in [1.165, 1.54) is 12.1 Å². The number of ether oxygens (including phenoxy) is 1. The molecule has 3 rings (SSSR count). The number of carbonyl (C=O) groups excluding carboxylic acids is 1. The Labute approximate surface area is 165 Å². The Bertz CT molecular complexity index is 769. The molecular formula is C21H27FN4O2. The van der Waals surface area contributed by atoms with Gasteiger partial charge in [0.2, 0.25) is 5.91 Å². The van der Waals surface area contributed by atoms with Crippen molar-refractivity contribution >= 4 is 11.7 Å². The molecule has 1 aliphatic heterocycles. The van der Waals surface area contributed by atoms with Gasteiger partial charge in [-0.2, -0.15) is 0 Å². The second-order valence-electron chi connectivity index (χ2n) is 6.87. The predicted octanol–water partition coefficient (Wildman–Crippen LogP) is 3.04. The number of amides is 1. The molecule has 6 nitrogen and oxygen atoms in total. The SMILES string of the molecule is CCOCCCNC(=O)[C@@H]1CCCN(c2ccnc(-c3ccc(F)cc3)n2)C1. The summed E-state index contributed by atoms with van der Waals surface area (Å²) in [5.41, 5.74) is 0.767. The van der Waals surface area contributed by atoms with E-state index in [9.17, 15) is 9.18 Å². The van der Waals surface area contributed by atoms with Crippen LogP contribution in [0.15, 0.2) is 36.5 Å². The fourth-order valence-electron chi connectivity index (χ4n) is 3.34. The maximum atomic E-state index is 13.1. The van der Waals surface area contributed by atoms with Crippen LogP contribution in [0.4, 0.5) is 10.2 Å². The van der Waals surface area contributed by atoms with E-state index in [4.69, 9.17) is 4.74 Å². The fraction of sp³-hybridized carbons (Fsp3) is 0.476. The van der Waals surface area contributed by atoms with E-state index in [2.05, 4.69) is 20.2 Å². The molecule has 1 aliphatic rings. The zero-order valence-corrected chi connectivity index (χ0v) is 16.2. The molecule has 0 unspecified atom stereocenters. The fourth-order valence-corrected chi connectivity index (χ4v) is 3.34. The largest absolute Gasteiger partial charge is 0.382 e. The number of nitrogens with one attached hydrogen (secondary N) is 1. The lowest BCUT2D eigenvalue weighted by molar-refractivity contribution is -0.125. The molecule has 1 atom stereocenters. The molecule has 2 heterocycles. The van der Waals surface area contributed by atoms with Crippen molar-refractivity contribution in [2.75, 3.05) is 37.7 Å². The first-order valence-electron chi connectivity index (χ1n) is 9.86. The first-order valence-corrected chi connectivity index (χ1v) is 9.86. The van der Waals surface area contributed by atoms with Crippen molar-refractivity contribution in [1.29, 1.82) is 0 Å². The van der Waals surface area contributed by atoms with Gasteiger partial charge in [-0.25, -0.2) is 14.4 Å². The molecule has 1 saturated heterocycles. The number of carbonyl (C=O) groups is 1. The highest BCUT2D eigenvalue weighted by Gasteiger charge is 2.26. The normalized spacial score (nSPS) is 16.8. The van der Waals surface area contributed by atoms with Crippen LogP contribution in [0.3, 0.4) is 0 Å². The molecule has 0 bridgehead atoms. The van der Waals surface area contributed by atoms with Crippen molar-refractivity contribution in [1.82, 2.24) is 15.3 Å². The molecule has 1 aromatic carbocycles. The Kier molecular flexibility index (Phi) is 7.31. The summed E-state index contributed by atoms with van der Waals surface area (Å²) < 4.78 is 18.4. The highest BCUT2D eigenvalue weighted by Crippen LogP contribution is 2.24. The van der Waals surface area contributed by atoms with Crippen molar-refractivity contribution < 1.29 is 13.9 Å². The van der Waals surface area contributed by atoms with Gasteiger partial charge < -0.3 is 15.0 Å². The number of anilines is 1. The standard InChI is InChI=1S/C21H27FN4O2/c1-2-28-14-4-11-24-21(27)17-5-3-13-26(15-17)19-10-12-23-20(25-19)16-6-8-18(22)9-7-16/h6-10,12,17H,2-5,11,13-15H2,1H3,(H,24,27)/t17-/m1/s1. The van der Waals surface area contributed by atoms with Crippen LogP contribution in [0, 0.1) is 11.7 Å². The number of rotatable bonds is 8. The van der Waals surface area contributed by atoms with E-state index in [1.807, 2.05) is 13.0 Å². The summed E-state index contributed by atoms with van der Waals surface area (Å²) in [5.74, 6) is 1.10. The smallest absolute Gasteiger partial charge is 0.224 e. The van der Waals surface area contributed by atoms with E-state index in [1.54, 1.807) is 18.3 Å². The van der Waals surface area contributed by atoms with Crippen LogP contribution >= 0.6 is 0 Å². The van der Waals surface area contributed by atoms with Crippen LogP contribution in [0.2, 0.25) is 0 Å². The van der Waals surface area contributed by atoms with Gasteiger partial charge >= 0.3 is 0 Å². The average molecular weight is 386 g/mol. The van der Waals surface area contributed by atoms with E-state index in [0.29, 0.717) is 32.1 Å². The predicted molar refractivity (Wildman–Crippen MR) is 106 cm³/mol. The van der Waals surface area contributed by atoms with Gasteiger partial charge in [-0.05, 0) is 56.5 Å². The van der Waals surface area contributed by atoms with Crippen LogP contribution in [-0.2, 0) is 9.53 Å². The molecule has 150 valence electrons. The molecule has 28 heavy (non-hydrogen) atoms. The van der Waals surface area contributed by atoms with Gasteiger partial charge in [-0.3, -0.25) is 4.79 Å². The van der Waals surface area contributed by atoms with E-state index in [0.717, 1.165) is 37.2 Å². The molecule has 0 spiro atoms. The van der Waals surface area contributed by atoms with Crippen molar-refractivity contribution in [3.05, 3.63) is 42.3 Å². The zero-order chi connectivity index (χ0) is 19.8. The van der Waals surface area contributed by atoms with Gasteiger partial charge in [-0.1, -0.05) is 0 Å². The molecular weight excluding hydrogens is 359 g/mol. The van der Waals surface area contributed by atoms with Crippen LogP contribution in [0.1, 0.15) is 26.2 Å². The molecule has 1 aromatic heterocycles. The third kappa shape index (κ3) is 5.48. The monoisotopic (exact) mass is 386 g/mol. The molecule has 0 saturated carbocycles. The van der Waals surface area contributed by atoms with Gasteiger partial charge in [0, 0.05) is 44.6 Å². The molecule has 2 aromatic rings. The quantitative estimate of drug-likeness (QED) is 0.707. The van der Waals surface area contributed by atoms with E-state index in [-0.39, 0.29) is 17.6 Å². The molecule has 1 amide bonds. The zero-order valence-electron chi connectivity index (χ0n) is 16.2. The highest BCUT2D eigenvalue weighted by atomic mass is 19.1. The number of benzene rings is 1. The number of hydrogen-bond acceptors (Lipinski definition) is 5. The molecule has 1 fully saturated rings. The Morgan fingerprint density at radius 3 is 2.93 bits per heavy atom. The summed E-state index contributed by atoms with van der Waals surface area (Å²) in [6, 6.07) is 8.00. The maximum Gasteiger partial charge on any atom is 0.224 e. The molecule has 0 radical (unpaired) electrons. The summed E-state index contributed by atoms with van der Waals surface area (Å²) in [4.78, 5) is 23.5. The third-order valence-electron chi connectivity index (χ3n) is 4.83. The second-order valence-corrected chi connectivity index (χ2v) is 6.87. The van der Waals surface area contributed by atoms with Gasteiger partial charge in [0.25, 0.3) is 0 Å². The Balaban J connectivity index is 1.60. The topological polar surface area (TPSA) is 67.3 Å². The lowest BCUT2D eigenvalue weighted by Gasteiger charge is -2.33. The summed E-state index contributed by atoms with van der Waals surface area (Å²) >= 11 is 0. The van der Waals surface area contributed by atoms with Crippen molar-refractivity contribution in [3.8, 4) is 11.4 Å². The Morgan fingerprint density at radius 1 is 1.32 bits per heavy atom. The minimum Gasteiger partial charge on any atom is -0.382 e. The van der Waals surface area contributed by atoms with E-state index < -0.39 is 0 Å². The van der Waals surface area contributed by atoms with Crippen molar-refractivity contribution in [2.24, 2.45) is 5.92 Å². The number of hydrogen-bond donors (Lipinski definition) is 1. The lowest BCUT2D eigenvalue weighted by Crippen LogP contribution is -2.43. The van der Waals surface area contributed by atoms with Gasteiger partial charge in [-0.15, -0.1) is 0 Å². The van der Waals surface area contributed by atoms with Crippen LogP contribution in [0.25, 0.3) is 11.4 Å². The summed E-state index contributed by atoms with van der Waals surface area (Å²) in [6.45, 7) is 5.46. The van der Waals surface area contributed by atoms with E-state index >= 15 is 0 Å². The number of nitrogens with zero attached hydrogens (tertiary/aromatic N) is 3. The van der Waals surface area contributed by atoms with Crippen LogP contribution < -0.4 is 10.2 Å². The summed E-state index contributed by atoms with van der Waals surface area (Å²) in [6.07, 6.45) is 4.35. The summed E-state index contributed by atoms with van der Waals surface area (Å²) in [7, 11) is 0. The van der Waals surface area contributed by atoms with Crippen molar-refractivity contribution in [2.45, 2.75) is 26.2 Å². The average Bonchev–Trinajstić information content (AvgIpc) is 2.74. The van der Waals surface area contributed by atoms with Crippen LogP contribution in [-0.4, -0.2) is 48.7 Å². The third-order valence-corrected chi connectivity index (χ3v) is 4.83. The first-order chi connectivity index (χ1) is 13.7. The Hall–Kier alpha value is -2.54.